The van der Waals surface area contributed by atoms with Gasteiger partial charge in [0, 0.05) is 6.04 Å². The summed E-state index contributed by atoms with van der Waals surface area (Å²) in [5.74, 6) is 1.60. The van der Waals surface area contributed by atoms with Crippen LogP contribution < -0.4 is 10.5 Å². The largest absolute Gasteiger partial charge is 0.492 e. The Morgan fingerprint density at radius 2 is 2.00 bits per heavy atom. The van der Waals surface area contributed by atoms with Gasteiger partial charge in [0.15, 0.2) is 0 Å². The monoisotopic (exact) mass is 273 g/mol. The molecule has 1 aliphatic heterocycles. The second-order valence-electron chi connectivity index (χ2n) is 5.82. The normalized spacial score (nSPS) is 21.6. The molecule has 0 radical (unpaired) electrons. The molecule has 2 heteroatoms. The first kappa shape index (κ1) is 15.1. The van der Waals surface area contributed by atoms with Gasteiger partial charge in [-0.1, -0.05) is 43.5 Å². The number of hydrogen-bond acceptors (Lipinski definition) is 2. The topological polar surface area (TPSA) is 35.2 Å². The van der Waals surface area contributed by atoms with E-state index in [1.807, 2.05) is 12.1 Å². The van der Waals surface area contributed by atoms with E-state index in [1.54, 1.807) is 0 Å². The van der Waals surface area contributed by atoms with Crippen molar-refractivity contribution < 1.29 is 4.74 Å². The SMILES string of the molecule is C=CCCCCCCC1CC(N)COc2ccccc21. The molecule has 2 N–H and O–H groups in total. The van der Waals surface area contributed by atoms with Crippen molar-refractivity contribution in [2.45, 2.75) is 56.9 Å². The maximum atomic E-state index is 6.14. The number of hydrogen-bond donors (Lipinski definition) is 1. The summed E-state index contributed by atoms with van der Waals surface area (Å²) in [6.45, 7) is 4.41. The Bertz CT molecular complexity index is 416. The average molecular weight is 273 g/mol. The molecular weight excluding hydrogens is 246 g/mol. The molecule has 2 nitrogen and oxygen atoms in total. The fourth-order valence-corrected chi connectivity index (χ4v) is 3.01. The summed E-state index contributed by atoms with van der Waals surface area (Å²) in [5.41, 5.74) is 7.49. The smallest absolute Gasteiger partial charge is 0.122 e. The maximum absolute atomic E-state index is 6.14. The van der Waals surface area contributed by atoms with Crippen LogP contribution in [0.1, 0.15) is 56.4 Å². The van der Waals surface area contributed by atoms with Crippen molar-refractivity contribution in [1.29, 1.82) is 0 Å². The third kappa shape index (κ3) is 4.38. The molecule has 0 fully saturated rings. The van der Waals surface area contributed by atoms with Crippen molar-refractivity contribution in [3.05, 3.63) is 42.5 Å². The van der Waals surface area contributed by atoms with E-state index in [4.69, 9.17) is 10.5 Å². The summed E-state index contributed by atoms with van der Waals surface area (Å²) in [5, 5.41) is 0. The summed E-state index contributed by atoms with van der Waals surface area (Å²) in [6.07, 6.45) is 10.6. The molecule has 2 rings (SSSR count). The first-order valence-corrected chi connectivity index (χ1v) is 7.89. The van der Waals surface area contributed by atoms with Crippen molar-refractivity contribution in [2.75, 3.05) is 6.61 Å². The van der Waals surface area contributed by atoms with Gasteiger partial charge < -0.3 is 10.5 Å². The number of allylic oxidation sites excluding steroid dienone is 1. The predicted octanol–water partition coefficient (Wildman–Crippen LogP) is 4.41. The van der Waals surface area contributed by atoms with E-state index >= 15 is 0 Å². The van der Waals surface area contributed by atoms with Crippen molar-refractivity contribution in [3.63, 3.8) is 0 Å². The first-order chi connectivity index (χ1) is 9.81. The van der Waals surface area contributed by atoms with Crippen molar-refractivity contribution in [2.24, 2.45) is 5.73 Å². The Morgan fingerprint density at radius 3 is 2.85 bits per heavy atom. The van der Waals surface area contributed by atoms with Crippen molar-refractivity contribution >= 4 is 0 Å². The molecule has 0 saturated heterocycles. The van der Waals surface area contributed by atoms with E-state index in [2.05, 4.69) is 24.8 Å². The number of rotatable bonds is 7. The van der Waals surface area contributed by atoms with Crippen LogP contribution in [0.15, 0.2) is 36.9 Å². The predicted molar refractivity (Wildman–Crippen MR) is 85.2 cm³/mol. The maximum Gasteiger partial charge on any atom is 0.122 e. The number of unbranched alkanes of at least 4 members (excludes halogenated alkanes) is 4. The van der Waals surface area contributed by atoms with E-state index in [-0.39, 0.29) is 6.04 Å². The Kier molecular flexibility index (Phi) is 6.13. The Balaban J connectivity index is 1.87. The minimum atomic E-state index is 0.160. The third-order valence-electron chi connectivity index (χ3n) is 4.11. The summed E-state index contributed by atoms with van der Waals surface area (Å²) in [4.78, 5) is 0. The molecule has 2 atom stereocenters. The zero-order valence-corrected chi connectivity index (χ0v) is 12.4. The number of nitrogens with two attached hydrogens (primary N) is 1. The summed E-state index contributed by atoms with van der Waals surface area (Å²) < 4.78 is 5.81. The van der Waals surface area contributed by atoms with Crippen LogP contribution >= 0.6 is 0 Å². The molecule has 0 aromatic heterocycles. The van der Waals surface area contributed by atoms with Gasteiger partial charge in [0.05, 0.1) is 0 Å². The van der Waals surface area contributed by atoms with Gasteiger partial charge >= 0.3 is 0 Å². The van der Waals surface area contributed by atoms with Crippen LogP contribution in [0.3, 0.4) is 0 Å². The zero-order chi connectivity index (χ0) is 14.2. The highest BCUT2D eigenvalue weighted by atomic mass is 16.5. The van der Waals surface area contributed by atoms with Crippen LogP contribution in [0.5, 0.6) is 5.75 Å². The van der Waals surface area contributed by atoms with E-state index in [9.17, 15) is 0 Å². The molecule has 1 aromatic rings. The van der Waals surface area contributed by atoms with Gasteiger partial charge in [-0.25, -0.2) is 0 Å². The van der Waals surface area contributed by atoms with Crippen LogP contribution in [-0.2, 0) is 0 Å². The van der Waals surface area contributed by atoms with Gasteiger partial charge in [-0.3, -0.25) is 0 Å². The molecule has 1 aliphatic rings. The highest BCUT2D eigenvalue weighted by Gasteiger charge is 2.22. The fraction of sp³-hybridized carbons (Fsp3) is 0.556. The van der Waals surface area contributed by atoms with Crippen molar-refractivity contribution in [3.8, 4) is 5.75 Å². The summed E-state index contributed by atoms with van der Waals surface area (Å²) >= 11 is 0. The minimum Gasteiger partial charge on any atom is -0.492 e. The lowest BCUT2D eigenvalue weighted by Crippen LogP contribution is -2.27. The molecule has 20 heavy (non-hydrogen) atoms. The molecule has 0 saturated carbocycles. The van der Waals surface area contributed by atoms with E-state index in [0.717, 1.165) is 18.6 Å². The van der Waals surface area contributed by atoms with Gasteiger partial charge in [0.1, 0.15) is 12.4 Å². The highest BCUT2D eigenvalue weighted by molar-refractivity contribution is 5.37. The standard InChI is InChI=1S/C18H27NO/c1-2-3-4-5-6-7-10-15-13-16(19)14-20-18-12-9-8-11-17(15)18/h2,8-9,11-12,15-16H,1,3-7,10,13-14,19H2. The summed E-state index contributed by atoms with van der Waals surface area (Å²) in [7, 11) is 0. The van der Waals surface area contributed by atoms with Gasteiger partial charge in [0.25, 0.3) is 0 Å². The number of ether oxygens (including phenoxy) is 1. The van der Waals surface area contributed by atoms with Gasteiger partial charge in [-0.05, 0) is 43.2 Å². The first-order valence-electron chi connectivity index (χ1n) is 7.89. The van der Waals surface area contributed by atoms with Crippen LogP contribution in [0, 0.1) is 0 Å². The Morgan fingerprint density at radius 1 is 1.20 bits per heavy atom. The lowest BCUT2D eigenvalue weighted by Gasteiger charge is -2.17. The highest BCUT2D eigenvalue weighted by Crippen LogP contribution is 2.35. The molecule has 1 aromatic carbocycles. The molecule has 0 amide bonds. The lowest BCUT2D eigenvalue weighted by atomic mass is 9.88. The molecule has 2 unspecified atom stereocenters. The molecule has 1 heterocycles. The van der Waals surface area contributed by atoms with Crippen LogP contribution in [0.25, 0.3) is 0 Å². The van der Waals surface area contributed by atoms with Crippen LogP contribution in [0.4, 0.5) is 0 Å². The minimum absolute atomic E-state index is 0.160. The third-order valence-corrected chi connectivity index (χ3v) is 4.11. The molecule has 0 spiro atoms. The molecule has 110 valence electrons. The van der Waals surface area contributed by atoms with E-state index < -0.39 is 0 Å². The quantitative estimate of drug-likeness (QED) is 0.590. The fourth-order valence-electron chi connectivity index (χ4n) is 3.01. The number of benzene rings is 1. The molecule has 0 bridgehead atoms. The average Bonchev–Trinajstić information content (AvgIpc) is 2.63. The lowest BCUT2D eigenvalue weighted by molar-refractivity contribution is 0.291. The van der Waals surface area contributed by atoms with Crippen LogP contribution in [0.2, 0.25) is 0 Å². The van der Waals surface area contributed by atoms with Crippen molar-refractivity contribution in [1.82, 2.24) is 0 Å². The van der Waals surface area contributed by atoms with E-state index in [1.165, 1.54) is 37.7 Å². The summed E-state index contributed by atoms with van der Waals surface area (Å²) in [6, 6.07) is 8.59. The van der Waals surface area contributed by atoms with Gasteiger partial charge in [-0.15, -0.1) is 6.58 Å². The second kappa shape index (κ2) is 8.11. The van der Waals surface area contributed by atoms with E-state index in [0.29, 0.717) is 12.5 Å². The molecular formula is C18H27NO. The zero-order valence-electron chi connectivity index (χ0n) is 12.4. The second-order valence-corrected chi connectivity index (χ2v) is 5.82. The number of para-hydroxylation sites is 1. The Hall–Kier alpha value is -1.28. The van der Waals surface area contributed by atoms with Gasteiger partial charge in [-0.2, -0.15) is 0 Å². The van der Waals surface area contributed by atoms with Gasteiger partial charge in [0.2, 0.25) is 0 Å². The number of fused-ring (bicyclic) bond motifs is 1. The van der Waals surface area contributed by atoms with Crippen LogP contribution in [-0.4, -0.2) is 12.6 Å². The molecule has 0 aliphatic carbocycles. The Labute approximate surface area is 123 Å².